The van der Waals surface area contributed by atoms with Crippen LogP contribution in [0.2, 0.25) is 0 Å². The summed E-state index contributed by atoms with van der Waals surface area (Å²) in [5.41, 5.74) is 4.24. The fraction of sp³-hybridized carbons (Fsp3) is 0.370. The van der Waals surface area contributed by atoms with Crippen LogP contribution in [-0.2, 0) is 26.1 Å². The van der Waals surface area contributed by atoms with Gasteiger partial charge in [-0.15, -0.1) is 0 Å². The van der Waals surface area contributed by atoms with Crippen molar-refractivity contribution in [2.45, 2.75) is 37.6 Å². The Morgan fingerprint density at radius 3 is 1.42 bits per heavy atom. The van der Waals surface area contributed by atoms with Gasteiger partial charge in [0.15, 0.2) is 11.4 Å². The van der Waals surface area contributed by atoms with Crippen LogP contribution in [0.3, 0.4) is 0 Å². The van der Waals surface area contributed by atoms with E-state index in [0.717, 1.165) is 85.6 Å². The summed E-state index contributed by atoms with van der Waals surface area (Å²) in [6.07, 6.45) is 3.63. The number of halogens is 1. The Kier molecular flexibility index (Phi) is 18.0. The SMILES string of the molecule is COc1ccc(NC(=O)c2ccc(CBr)c3ccccc23)c(C(=O)NCC2CCOCC2)n1.COc1ccc(NC(=O)c2ccc(CN3CCOCC3)c3ccccc23)c(C(=O)NCC2CCOCC2)n1. The maximum Gasteiger partial charge on any atom is 0.272 e. The number of hydrogen-bond donors (Lipinski definition) is 4. The van der Waals surface area contributed by atoms with E-state index in [2.05, 4.69) is 52.1 Å². The number of nitrogens with one attached hydrogen (secondary N) is 4. The number of fused-ring (bicyclic) bond motifs is 2. The summed E-state index contributed by atoms with van der Waals surface area (Å²) in [6, 6.07) is 29.8. The van der Waals surface area contributed by atoms with Gasteiger partial charge in [-0.25, -0.2) is 9.97 Å². The summed E-state index contributed by atoms with van der Waals surface area (Å²) >= 11 is 3.50. The number of hydrogen-bond acceptors (Lipinski definition) is 12. The molecule has 71 heavy (non-hydrogen) atoms. The first kappa shape index (κ1) is 50.9. The Labute approximate surface area is 421 Å². The van der Waals surface area contributed by atoms with E-state index in [1.54, 1.807) is 30.3 Å². The van der Waals surface area contributed by atoms with Crippen LogP contribution in [0.5, 0.6) is 11.8 Å². The summed E-state index contributed by atoms with van der Waals surface area (Å²) in [5, 5.41) is 16.2. The molecule has 0 spiro atoms. The zero-order valence-corrected chi connectivity index (χ0v) is 41.7. The second-order valence-corrected chi connectivity index (χ2v) is 18.2. The molecule has 0 saturated carbocycles. The zero-order valence-electron chi connectivity index (χ0n) is 40.1. The molecule has 5 heterocycles. The summed E-state index contributed by atoms with van der Waals surface area (Å²) in [6.45, 7) is 7.95. The molecular formula is C54H60BrN7O9. The maximum atomic E-state index is 13.5. The van der Waals surface area contributed by atoms with Gasteiger partial charge in [0.05, 0.1) is 38.8 Å². The molecule has 6 aromatic rings. The number of carbonyl (C=O) groups excluding carboxylic acids is 4. The minimum Gasteiger partial charge on any atom is -0.481 e. The third-order valence-electron chi connectivity index (χ3n) is 13.0. The number of ether oxygens (including phenoxy) is 5. The molecule has 3 fully saturated rings. The number of carbonyl (C=O) groups is 4. The van der Waals surface area contributed by atoms with Crippen molar-refractivity contribution in [2.75, 3.05) is 90.7 Å². The van der Waals surface area contributed by atoms with Gasteiger partial charge < -0.3 is 45.0 Å². The topological polar surface area (TPSA) is 192 Å². The molecule has 0 unspecified atom stereocenters. The Morgan fingerprint density at radius 1 is 0.549 bits per heavy atom. The third-order valence-corrected chi connectivity index (χ3v) is 13.6. The highest BCUT2D eigenvalue weighted by molar-refractivity contribution is 9.08. The fourth-order valence-electron chi connectivity index (χ4n) is 8.95. The summed E-state index contributed by atoms with van der Waals surface area (Å²) in [7, 11) is 2.98. The number of morpholine rings is 1. The monoisotopic (exact) mass is 1030 g/mol. The van der Waals surface area contributed by atoms with Gasteiger partial charge in [-0.1, -0.05) is 76.6 Å². The normalized spacial score (nSPS) is 15.5. The number of methoxy groups -OCH3 is 2. The minimum absolute atomic E-state index is 0.121. The number of amides is 4. The highest BCUT2D eigenvalue weighted by Gasteiger charge is 2.24. The fourth-order valence-corrected chi connectivity index (χ4v) is 9.44. The van der Waals surface area contributed by atoms with Gasteiger partial charge >= 0.3 is 0 Å². The smallest absolute Gasteiger partial charge is 0.272 e. The lowest BCUT2D eigenvalue weighted by Gasteiger charge is -2.27. The molecule has 17 heteroatoms. The van der Waals surface area contributed by atoms with Crippen LogP contribution in [-0.4, -0.2) is 119 Å². The first-order chi connectivity index (χ1) is 34.7. The second kappa shape index (κ2) is 25.1. The van der Waals surface area contributed by atoms with Crippen LogP contribution in [0.1, 0.15) is 78.5 Å². The Balaban J connectivity index is 0.000000192. The number of nitrogens with zero attached hydrogens (tertiary/aromatic N) is 3. The highest BCUT2D eigenvalue weighted by atomic mass is 79.9. The third kappa shape index (κ3) is 13.1. The predicted octanol–water partition coefficient (Wildman–Crippen LogP) is 8.03. The van der Waals surface area contributed by atoms with E-state index >= 15 is 0 Å². The van der Waals surface area contributed by atoms with Crippen LogP contribution in [0, 0.1) is 11.8 Å². The van der Waals surface area contributed by atoms with Crippen LogP contribution in [0.25, 0.3) is 21.5 Å². The quantitative estimate of drug-likeness (QED) is 0.0726. The van der Waals surface area contributed by atoms with Gasteiger partial charge in [0.2, 0.25) is 11.8 Å². The van der Waals surface area contributed by atoms with Crippen molar-refractivity contribution < 1.29 is 42.9 Å². The van der Waals surface area contributed by atoms with E-state index in [0.29, 0.717) is 90.9 Å². The molecule has 4 amide bonds. The Bertz CT molecular complexity index is 2830. The number of anilines is 2. The predicted molar refractivity (Wildman–Crippen MR) is 276 cm³/mol. The van der Waals surface area contributed by atoms with Crippen LogP contribution >= 0.6 is 15.9 Å². The molecule has 0 atom stereocenters. The molecule has 16 nitrogen and oxygen atoms in total. The van der Waals surface area contributed by atoms with Gasteiger partial charge in [-0.05, 0) is 94.5 Å². The molecule has 0 aliphatic carbocycles. The van der Waals surface area contributed by atoms with Gasteiger partial charge in [-0.2, -0.15) is 0 Å². The molecule has 2 aromatic heterocycles. The zero-order chi connectivity index (χ0) is 49.5. The van der Waals surface area contributed by atoms with E-state index in [1.807, 2.05) is 66.7 Å². The number of aromatic nitrogens is 2. The van der Waals surface area contributed by atoms with Crippen molar-refractivity contribution in [3.8, 4) is 11.8 Å². The van der Waals surface area contributed by atoms with E-state index in [9.17, 15) is 19.2 Å². The van der Waals surface area contributed by atoms with Crippen molar-refractivity contribution in [3.05, 3.63) is 131 Å². The Hall–Kier alpha value is -6.50. The Morgan fingerprint density at radius 2 is 0.972 bits per heavy atom. The molecule has 4 aromatic carbocycles. The van der Waals surface area contributed by atoms with Gasteiger partial charge in [-0.3, -0.25) is 24.1 Å². The lowest BCUT2D eigenvalue weighted by molar-refractivity contribution is 0.0343. The number of alkyl halides is 1. The van der Waals surface area contributed by atoms with E-state index in [1.165, 1.54) is 19.8 Å². The van der Waals surface area contributed by atoms with Crippen molar-refractivity contribution in [3.63, 3.8) is 0 Å². The molecule has 3 saturated heterocycles. The van der Waals surface area contributed by atoms with Crippen molar-refractivity contribution in [1.82, 2.24) is 25.5 Å². The summed E-state index contributed by atoms with van der Waals surface area (Å²) in [4.78, 5) is 63.9. The lowest BCUT2D eigenvalue weighted by atomic mass is 9.98. The average Bonchev–Trinajstić information content (AvgIpc) is 3.42. The second-order valence-electron chi connectivity index (χ2n) is 17.6. The highest BCUT2D eigenvalue weighted by Crippen LogP contribution is 2.29. The molecule has 4 N–H and O–H groups in total. The van der Waals surface area contributed by atoms with Crippen LogP contribution < -0.4 is 30.7 Å². The lowest BCUT2D eigenvalue weighted by Crippen LogP contribution is -2.35. The molecule has 0 bridgehead atoms. The van der Waals surface area contributed by atoms with Crippen LogP contribution in [0.15, 0.2) is 97.1 Å². The van der Waals surface area contributed by atoms with E-state index in [-0.39, 0.29) is 35.0 Å². The standard InChI is InChI=1S/C29H34N4O5.C25H26BrN3O4/c1-36-26-9-8-25(27(32-26)29(35)30-18-20-10-14-37-15-11-20)31-28(34)24-7-6-21(19-33-12-16-38-17-13-33)22-4-2-3-5-23(22)24;1-32-22-9-8-21(23(29-22)25(31)27-15-16-10-12-33-13-11-16)28-24(30)20-7-6-17(14-26)18-4-2-3-5-19(18)20/h2-9,20H,10-19H2,1H3,(H,30,35)(H,31,34);2-9,16H,10-15H2,1H3,(H,27,31)(H,28,30). The minimum atomic E-state index is -0.352. The van der Waals surface area contributed by atoms with Gasteiger partial charge in [0, 0.05) is 87.7 Å². The molecule has 3 aliphatic heterocycles. The first-order valence-corrected chi connectivity index (χ1v) is 25.2. The number of benzene rings is 4. The molecule has 9 rings (SSSR count). The largest absolute Gasteiger partial charge is 0.481 e. The number of rotatable bonds is 15. The molecule has 372 valence electrons. The maximum absolute atomic E-state index is 13.5. The van der Waals surface area contributed by atoms with E-state index in [4.69, 9.17) is 23.7 Å². The van der Waals surface area contributed by atoms with Gasteiger partial charge in [0.1, 0.15) is 0 Å². The summed E-state index contributed by atoms with van der Waals surface area (Å²) in [5.74, 6) is 0.0201. The number of pyridine rings is 2. The van der Waals surface area contributed by atoms with Crippen molar-refractivity contribution in [2.24, 2.45) is 11.8 Å². The summed E-state index contributed by atoms with van der Waals surface area (Å²) < 4.78 is 26.7. The molecular weight excluding hydrogens is 971 g/mol. The van der Waals surface area contributed by atoms with Crippen molar-refractivity contribution >= 4 is 72.5 Å². The average molecular weight is 1030 g/mol. The van der Waals surface area contributed by atoms with E-state index < -0.39 is 0 Å². The van der Waals surface area contributed by atoms with Gasteiger partial charge in [0.25, 0.3) is 23.6 Å². The van der Waals surface area contributed by atoms with Crippen molar-refractivity contribution in [1.29, 1.82) is 0 Å². The molecule has 0 radical (unpaired) electrons. The van der Waals surface area contributed by atoms with Crippen LogP contribution in [0.4, 0.5) is 11.4 Å². The molecule has 3 aliphatic rings. The first-order valence-electron chi connectivity index (χ1n) is 24.0.